The molecule has 2 fully saturated rings. The van der Waals surface area contributed by atoms with Gasteiger partial charge >= 0.3 is 0 Å². The van der Waals surface area contributed by atoms with Gasteiger partial charge in [0.1, 0.15) is 0 Å². The predicted octanol–water partition coefficient (Wildman–Crippen LogP) is 2.12. The summed E-state index contributed by atoms with van der Waals surface area (Å²) < 4.78 is 16.5. The van der Waals surface area contributed by atoms with E-state index >= 15 is 0 Å². The van der Waals surface area contributed by atoms with Crippen LogP contribution in [-0.2, 0) is 11.3 Å². The molecule has 0 radical (unpaired) electrons. The Morgan fingerprint density at radius 1 is 1.43 bits per heavy atom. The van der Waals surface area contributed by atoms with Gasteiger partial charge in [-0.15, -0.1) is 0 Å². The summed E-state index contributed by atoms with van der Waals surface area (Å²) in [5.74, 6) is 1.68. The molecule has 6 nitrogen and oxygen atoms in total. The maximum absolute atomic E-state index is 5.91. The molecule has 0 N–H and O–H groups in total. The molecule has 0 aliphatic carbocycles. The average Bonchev–Trinajstić information content (AvgIpc) is 3.18. The Hall–Kier alpha value is -1.66. The molecular weight excluding hydrogens is 270 g/mol. The average molecular weight is 289 g/mol. The number of fused-ring (bicyclic) bond motifs is 1. The van der Waals surface area contributed by atoms with Gasteiger partial charge in [0.15, 0.2) is 5.82 Å². The van der Waals surface area contributed by atoms with E-state index < -0.39 is 0 Å². The Kier molecular flexibility index (Phi) is 3.27. The van der Waals surface area contributed by atoms with E-state index in [1.165, 1.54) is 5.56 Å². The van der Waals surface area contributed by atoms with Gasteiger partial charge in [0.25, 0.3) is 0 Å². The zero-order valence-electron chi connectivity index (χ0n) is 12.1. The van der Waals surface area contributed by atoms with Gasteiger partial charge in [0.05, 0.1) is 24.5 Å². The van der Waals surface area contributed by atoms with E-state index in [0.29, 0.717) is 11.9 Å². The highest BCUT2D eigenvalue weighted by atomic mass is 16.5. The van der Waals surface area contributed by atoms with Gasteiger partial charge in [-0.2, -0.15) is 4.98 Å². The highest BCUT2D eigenvalue weighted by Gasteiger charge is 2.42. The first-order valence-electron chi connectivity index (χ1n) is 7.46. The molecule has 2 aromatic heterocycles. The Morgan fingerprint density at radius 2 is 2.38 bits per heavy atom. The molecule has 0 unspecified atom stereocenters. The molecule has 0 amide bonds. The molecular formula is C15H19N3O3. The topological polar surface area (TPSA) is 64.5 Å². The van der Waals surface area contributed by atoms with Gasteiger partial charge in [-0.1, -0.05) is 5.16 Å². The van der Waals surface area contributed by atoms with Crippen molar-refractivity contribution in [2.24, 2.45) is 0 Å². The van der Waals surface area contributed by atoms with Crippen molar-refractivity contribution in [1.82, 2.24) is 15.0 Å². The van der Waals surface area contributed by atoms with Crippen molar-refractivity contribution in [3.05, 3.63) is 35.9 Å². The minimum Gasteiger partial charge on any atom is -0.472 e. The molecule has 4 rings (SSSR count). The number of piperidine rings is 1. The van der Waals surface area contributed by atoms with E-state index in [9.17, 15) is 0 Å². The molecule has 0 saturated carbocycles. The summed E-state index contributed by atoms with van der Waals surface area (Å²) in [7, 11) is 0. The van der Waals surface area contributed by atoms with Crippen molar-refractivity contribution < 1.29 is 13.7 Å². The number of furan rings is 1. The lowest BCUT2D eigenvalue weighted by molar-refractivity contribution is 0.00841. The predicted molar refractivity (Wildman–Crippen MR) is 73.7 cm³/mol. The summed E-state index contributed by atoms with van der Waals surface area (Å²) in [6.07, 6.45) is 5.86. The summed E-state index contributed by atoms with van der Waals surface area (Å²) in [5.41, 5.74) is 1.20. The third kappa shape index (κ3) is 2.49. The Bertz CT molecular complexity index is 595. The fraction of sp³-hybridized carbons (Fsp3) is 0.600. The Morgan fingerprint density at radius 3 is 3.14 bits per heavy atom. The van der Waals surface area contributed by atoms with Crippen LogP contribution in [0.25, 0.3) is 0 Å². The lowest BCUT2D eigenvalue weighted by Gasteiger charge is -2.39. The quantitative estimate of drug-likeness (QED) is 0.862. The Balaban J connectivity index is 1.55. The molecule has 2 aliphatic heterocycles. The zero-order valence-corrected chi connectivity index (χ0v) is 12.1. The van der Waals surface area contributed by atoms with Crippen LogP contribution in [0.5, 0.6) is 0 Å². The second kappa shape index (κ2) is 5.27. The van der Waals surface area contributed by atoms with Gasteiger partial charge < -0.3 is 13.7 Å². The van der Waals surface area contributed by atoms with Gasteiger partial charge in [-0.05, 0) is 25.8 Å². The van der Waals surface area contributed by atoms with Crippen LogP contribution in [0.3, 0.4) is 0 Å². The lowest BCUT2D eigenvalue weighted by atomic mass is 9.89. The van der Waals surface area contributed by atoms with Crippen LogP contribution in [0.15, 0.2) is 27.5 Å². The van der Waals surface area contributed by atoms with E-state index in [-0.39, 0.29) is 12.0 Å². The van der Waals surface area contributed by atoms with Crippen molar-refractivity contribution in [3.63, 3.8) is 0 Å². The lowest BCUT2D eigenvalue weighted by Crippen LogP contribution is -2.48. The van der Waals surface area contributed by atoms with E-state index in [1.54, 1.807) is 6.26 Å². The maximum Gasteiger partial charge on any atom is 0.231 e. The molecule has 0 aromatic carbocycles. The molecule has 21 heavy (non-hydrogen) atoms. The largest absolute Gasteiger partial charge is 0.472 e. The van der Waals surface area contributed by atoms with Gasteiger partial charge in [0, 0.05) is 31.3 Å². The number of ether oxygens (including phenoxy) is 1. The number of aryl methyl sites for hydroxylation is 1. The molecule has 6 heteroatoms. The van der Waals surface area contributed by atoms with Crippen LogP contribution in [0, 0.1) is 6.92 Å². The van der Waals surface area contributed by atoms with Crippen molar-refractivity contribution in [3.8, 4) is 0 Å². The van der Waals surface area contributed by atoms with Crippen LogP contribution in [-0.4, -0.2) is 40.3 Å². The van der Waals surface area contributed by atoms with E-state index in [2.05, 4.69) is 15.0 Å². The number of hydrogen-bond donors (Lipinski definition) is 0. The van der Waals surface area contributed by atoms with Crippen LogP contribution >= 0.6 is 0 Å². The Labute approximate surface area is 123 Å². The SMILES string of the molecule is Cc1noc([C@H]2C[C@@H]3OCC[C@@H]3N(Cc3ccoc3)C2)n1. The van der Waals surface area contributed by atoms with Crippen molar-refractivity contribution in [2.45, 2.75) is 44.4 Å². The van der Waals surface area contributed by atoms with Gasteiger partial charge in [-0.3, -0.25) is 4.90 Å². The molecule has 4 heterocycles. The monoisotopic (exact) mass is 289 g/mol. The first kappa shape index (κ1) is 13.0. The van der Waals surface area contributed by atoms with E-state index in [0.717, 1.165) is 38.4 Å². The third-order valence-corrected chi connectivity index (χ3v) is 4.47. The first-order chi connectivity index (χ1) is 10.3. The normalized spacial score (nSPS) is 29.7. The summed E-state index contributed by atoms with van der Waals surface area (Å²) in [6, 6.07) is 2.51. The fourth-order valence-corrected chi connectivity index (χ4v) is 3.51. The van der Waals surface area contributed by atoms with Gasteiger partial charge in [-0.25, -0.2) is 0 Å². The van der Waals surface area contributed by atoms with E-state index in [1.807, 2.05) is 19.3 Å². The molecule has 112 valence electrons. The number of rotatable bonds is 3. The number of hydrogen-bond acceptors (Lipinski definition) is 6. The fourth-order valence-electron chi connectivity index (χ4n) is 3.51. The summed E-state index contributed by atoms with van der Waals surface area (Å²) in [4.78, 5) is 6.87. The maximum atomic E-state index is 5.91. The first-order valence-corrected chi connectivity index (χ1v) is 7.46. The molecule has 0 spiro atoms. The van der Waals surface area contributed by atoms with Crippen LogP contribution < -0.4 is 0 Å². The number of likely N-dealkylation sites (tertiary alicyclic amines) is 1. The summed E-state index contributed by atoms with van der Waals surface area (Å²) in [6.45, 7) is 4.50. The molecule has 2 aromatic rings. The third-order valence-electron chi connectivity index (χ3n) is 4.47. The molecule has 2 saturated heterocycles. The van der Waals surface area contributed by atoms with E-state index in [4.69, 9.17) is 13.7 Å². The van der Waals surface area contributed by atoms with Crippen molar-refractivity contribution in [2.75, 3.05) is 13.2 Å². The molecule has 0 bridgehead atoms. The minimum absolute atomic E-state index is 0.248. The molecule has 3 atom stereocenters. The second-order valence-electron chi connectivity index (χ2n) is 5.94. The standard InChI is InChI=1S/C15H19N3O3/c1-10-16-15(21-17-10)12-6-14-13(3-5-20-14)18(8-12)7-11-2-4-19-9-11/h2,4,9,12-14H,3,5-8H2,1H3/t12-,13-,14-/m0/s1. The smallest absolute Gasteiger partial charge is 0.231 e. The van der Waals surface area contributed by atoms with Crippen molar-refractivity contribution >= 4 is 0 Å². The zero-order chi connectivity index (χ0) is 14.2. The van der Waals surface area contributed by atoms with Crippen LogP contribution in [0.4, 0.5) is 0 Å². The van der Waals surface area contributed by atoms with Gasteiger partial charge in [0.2, 0.25) is 5.89 Å². The summed E-state index contributed by atoms with van der Waals surface area (Å²) in [5, 5.41) is 3.92. The highest BCUT2D eigenvalue weighted by molar-refractivity contribution is 5.09. The minimum atomic E-state index is 0.248. The van der Waals surface area contributed by atoms with Crippen LogP contribution in [0.2, 0.25) is 0 Å². The number of aromatic nitrogens is 2. The number of nitrogens with zero attached hydrogens (tertiary/aromatic N) is 3. The summed E-state index contributed by atoms with van der Waals surface area (Å²) >= 11 is 0. The molecule has 2 aliphatic rings. The second-order valence-corrected chi connectivity index (χ2v) is 5.94. The highest BCUT2D eigenvalue weighted by Crippen LogP contribution is 2.36. The van der Waals surface area contributed by atoms with Crippen molar-refractivity contribution in [1.29, 1.82) is 0 Å². The van der Waals surface area contributed by atoms with Crippen LogP contribution in [0.1, 0.15) is 36.0 Å².